The maximum absolute atomic E-state index is 13.9. The molecule has 0 bridgehead atoms. The monoisotopic (exact) mass is 367 g/mol. The minimum Gasteiger partial charge on any atom is -0.507 e. The number of benzene rings is 2. The number of nitrogens with zero attached hydrogens (tertiary/aromatic N) is 3. The molecule has 3 aromatic rings. The van der Waals surface area contributed by atoms with Crippen molar-refractivity contribution in [3.8, 4) is 17.1 Å². The van der Waals surface area contributed by atoms with Gasteiger partial charge in [-0.3, -0.25) is 0 Å². The Morgan fingerprint density at radius 1 is 1.26 bits per heavy atom. The number of rotatable bonds is 3. The van der Waals surface area contributed by atoms with E-state index in [4.69, 9.17) is 4.74 Å². The Bertz CT molecular complexity index is 1020. The first kappa shape index (κ1) is 17.2. The van der Waals surface area contributed by atoms with Crippen LogP contribution < -0.4 is 4.90 Å². The van der Waals surface area contributed by atoms with Gasteiger partial charge in [-0.15, -0.1) is 0 Å². The van der Waals surface area contributed by atoms with Crippen LogP contribution in [0.5, 0.6) is 5.75 Å². The number of aromatic hydroxyl groups is 1. The minimum atomic E-state index is -0.478. The molecule has 4 rings (SSSR count). The van der Waals surface area contributed by atoms with Crippen LogP contribution in [0.3, 0.4) is 0 Å². The van der Waals surface area contributed by atoms with Gasteiger partial charge in [0.2, 0.25) is 0 Å². The summed E-state index contributed by atoms with van der Waals surface area (Å²) >= 11 is 0. The molecule has 0 radical (unpaired) electrons. The first-order valence-corrected chi connectivity index (χ1v) is 8.68. The predicted octanol–water partition coefficient (Wildman–Crippen LogP) is 3.28. The molecule has 2 aromatic carbocycles. The number of fused-ring (bicyclic) bond motifs is 1. The smallest absolute Gasteiger partial charge is 0.328 e. The van der Waals surface area contributed by atoms with E-state index in [1.807, 2.05) is 4.90 Å². The van der Waals surface area contributed by atoms with E-state index in [1.54, 1.807) is 30.3 Å². The van der Waals surface area contributed by atoms with E-state index in [0.717, 1.165) is 6.42 Å². The summed E-state index contributed by atoms with van der Waals surface area (Å²) in [6.07, 6.45) is 1.44. The molecule has 1 N–H and O–H groups in total. The quantitative estimate of drug-likeness (QED) is 0.716. The minimum absolute atomic E-state index is 0.0517. The number of anilines is 1. The molecule has 0 saturated carbocycles. The van der Waals surface area contributed by atoms with Crippen molar-refractivity contribution in [2.75, 3.05) is 18.6 Å². The summed E-state index contributed by atoms with van der Waals surface area (Å²) in [6, 6.07) is 10.5. The average molecular weight is 367 g/mol. The lowest BCUT2D eigenvalue weighted by molar-refractivity contribution is -0.141. The van der Waals surface area contributed by atoms with Gasteiger partial charge in [0.25, 0.3) is 0 Å². The Morgan fingerprint density at radius 2 is 2.07 bits per heavy atom. The average Bonchev–Trinajstić information content (AvgIpc) is 3.16. The number of ether oxygens (including phenoxy) is 1. The molecular formula is C20H18FN3O3. The van der Waals surface area contributed by atoms with Gasteiger partial charge in [0.05, 0.1) is 18.2 Å². The van der Waals surface area contributed by atoms with Crippen molar-refractivity contribution in [2.24, 2.45) is 0 Å². The Labute approximate surface area is 155 Å². The van der Waals surface area contributed by atoms with E-state index >= 15 is 0 Å². The number of esters is 1. The second-order valence-corrected chi connectivity index (χ2v) is 6.42. The van der Waals surface area contributed by atoms with Gasteiger partial charge < -0.3 is 14.7 Å². The Balaban J connectivity index is 1.93. The third-order valence-electron chi connectivity index (χ3n) is 4.78. The Morgan fingerprint density at radius 3 is 2.85 bits per heavy atom. The van der Waals surface area contributed by atoms with Crippen molar-refractivity contribution < 1.29 is 19.0 Å². The molecule has 0 amide bonds. The van der Waals surface area contributed by atoms with Crippen molar-refractivity contribution in [2.45, 2.75) is 18.9 Å². The second-order valence-electron chi connectivity index (χ2n) is 6.42. The van der Waals surface area contributed by atoms with Gasteiger partial charge in [0.15, 0.2) is 5.82 Å². The molecule has 6 nitrogen and oxygen atoms in total. The van der Waals surface area contributed by atoms with Crippen molar-refractivity contribution >= 4 is 22.7 Å². The first-order chi connectivity index (χ1) is 13.1. The number of carbonyl (C=O) groups excluding carboxylic acids is 1. The lowest BCUT2D eigenvalue weighted by Crippen LogP contribution is -2.37. The van der Waals surface area contributed by atoms with Gasteiger partial charge in [-0.1, -0.05) is 12.1 Å². The Hall–Kier alpha value is -3.22. The third-order valence-corrected chi connectivity index (χ3v) is 4.78. The number of hydrogen-bond acceptors (Lipinski definition) is 6. The molecule has 0 aliphatic carbocycles. The molecule has 1 aromatic heterocycles. The molecule has 0 spiro atoms. The standard InChI is InChI=1S/C20H18FN3O3/c1-27-20(26)16-6-4-10-24(16)19-14-11-12(21)8-9-15(14)22-18(23-19)13-5-2-3-7-17(13)25/h2-3,5,7-9,11,16,25H,4,6,10H2,1H3/t16-/m0/s1. The van der Waals surface area contributed by atoms with E-state index in [0.29, 0.717) is 41.1 Å². The van der Waals surface area contributed by atoms with Crippen LogP contribution in [0.1, 0.15) is 12.8 Å². The van der Waals surface area contributed by atoms with Crippen LogP contribution in [0, 0.1) is 5.82 Å². The summed E-state index contributed by atoms with van der Waals surface area (Å²) in [5.74, 6) is 0.0791. The van der Waals surface area contributed by atoms with Crippen LogP contribution in [0.4, 0.5) is 10.2 Å². The van der Waals surface area contributed by atoms with Gasteiger partial charge in [0.1, 0.15) is 23.4 Å². The van der Waals surface area contributed by atoms with E-state index < -0.39 is 11.9 Å². The van der Waals surface area contributed by atoms with E-state index in [1.165, 1.54) is 19.2 Å². The van der Waals surface area contributed by atoms with Crippen molar-refractivity contribution in [1.29, 1.82) is 0 Å². The normalized spacial score (nSPS) is 16.7. The first-order valence-electron chi connectivity index (χ1n) is 8.68. The van der Waals surface area contributed by atoms with Crippen molar-refractivity contribution in [1.82, 2.24) is 9.97 Å². The molecule has 1 atom stereocenters. The lowest BCUT2D eigenvalue weighted by Gasteiger charge is -2.25. The van der Waals surface area contributed by atoms with Crippen LogP contribution >= 0.6 is 0 Å². The van der Waals surface area contributed by atoms with Gasteiger partial charge >= 0.3 is 5.97 Å². The SMILES string of the molecule is COC(=O)[C@@H]1CCCN1c1nc(-c2ccccc2O)nc2ccc(F)cc12. The van der Waals surface area contributed by atoms with Gasteiger partial charge in [-0.05, 0) is 43.2 Å². The topological polar surface area (TPSA) is 75.5 Å². The summed E-state index contributed by atoms with van der Waals surface area (Å²) in [5.41, 5.74) is 1.01. The number of methoxy groups -OCH3 is 1. The number of halogens is 1. The van der Waals surface area contributed by atoms with E-state index in [2.05, 4.69) is 9.97 Å². The molecule has 2 heterocycles. The fraction of sp³-hybridized carbons (Fsp3) is 0.250. The predicted molar refractivity (Wildman–Crippen MR) is 99.0 cm³/mol. The highest BCUT2D eigenvalue weighted by Crippen LogP contribution is 2.34. The highest BCUT2D eigenvalue weighted by atomic mass is 19.1. The van der Waals surface area contributed by atoms with Crippen LogP contribution in [0.15, 0.2) is 42.5 Å². The number of aromatic nitrogens is 2. The summed E-state index contributed by atoms with van der Waals surface area (Å²) < 4.78 is 18.8. The molecular weight excluding hydrogens is 349 g/mol. The van der Waals surface area contributed by atoms with Crippen molar-refractivity contribution in [3.05, 3.63) is 48.3 Å². The van der Waals surface area contributed by atoms with Crippen LogP contribution in [-0.2, 0) is 9.53 Å². The molecule has 1 aliphatic heterocycles. The number of phenols is 1. The number of para-hydroxylation sites is 1. The molecule has 138 valence electrons. The summed E-state index contributed by atoms with van der Waals surface area (Å²) in [7, 11) is 1.35. The summed E-state index contributed by atoms with van der Waals surface area (Å²) in [4.78, 5) is 23.1. The lowest BCUT2D eigenvalue weighted by atomic mass is 10.1. The fourth-order valence-corrected chi connectivity index (χ4v) is 3.49. The zero-order chi connectivity index (χ0) is 19.0. The van der Waals surface area contributed by atoms with Crippen LogP contribution in [-0.4, -0.2) is 40.7 Å². The fourth-order valence-electron chi connectivity index (χ4n) is 3.49. The summed E-state index contributed by atoms with van der Waals surface area (Å²) in [5, 5.41) is 10.7. The molecule has 1 saturated heterocycles. The highest BCUT2D eigenvalue weighted by Gasteiger charge is 2.34. The summed E-state index contributed by atoms with van der Waals surface area (Å²) in [6.45, 7) is 0.600. The van der Waals surface area contributed by atoms with Gasteiger partial charge in [-0.25, -0.2) is 19.2 Å². The maximum atomic E-state index is 13.9. The largest absolute Gasteiger partial charge is 0.507 e. The molecule has 27 heavy (non-hydrogen) atoms. The second kappa shape index (κ2) is 6.83. The van der Waals surface area contributed by atoms with Crippen LogP contribution in [0.2, 0.25) is 0 Å². The Kier molecular flexibility index (Phi) is 4.35. The molecule has 0 unspecified atom stereocenters. The zero-order valence-corrected chi connectivity index (χ0v) is 14.7. The molecule has 1 aliphatic rings. The molecule has 7 heteroatoms. The third kappa shape index (κ3) is 3.05. The number of phenolic OH excluding ortho intramolecular Hbond substituents is 1. The van der Waals surface area contributed by atoms with E-state index in [9.17, 15) is 14.3 Å². The molecule has 1 fully saturated rings. The van der Waals surface area contributed by atoms with E-state index in [-0.39, 0.29) is 11.7 Å². The van der Waals surface area contributed by atoms with Crippen LogP contribution in [0.25, 0.3) is 22.3 Å². The van der Waals surface area contributed by atoms with Gasteiger partial charge in [-0.2, -0.15) is 0 Å². The number of carbonyl (C=O) groups is 1. The van der Waals surface area contributed by atoms with Gasteiger partial charge in [0, 0.05) is 11.9 Å². The van der Waals surface area contributed by atoms with Crippen molar-refractivity contribution in [3.63, 3.8) is 0 Å². The zero-order valence-electron chi connectivity index (χ0n) is 14.7. The highest BCUT2D eigenvalue weighted by molar-refractivity contribution is 5.93. The number of hydrogen-bond donors (Lipinski definition) is 1. The maximum Gasteiger partial charge on any atom is 0.328 e.